The number of pyridine rings is 2. The average molecular weight is 479 g/mol. The average Bonchev–Trinajstić information content (AvgIpc) is 3.06. The number of halogens is 1. The van der Waals surface area contributed by atoms with Crippen molar-refractivity contribution in [2.24, 2.45) is 0 Å². The molecule has 6 rings (SSSR count). The summed E-state index contributed by atoms with van der Waals surface area (Å²) in [5, 5.41) is 21.5. The lowest BCUT2D eigenvalue weighted by Crippen LogP contribution is -2.44. The Morgan fingerprint density at radius 1 is 1.20 bits per heavy atom. The molecule has 1 aromatic carbocycles. The van der Waals surface area contributed by atoms with E-state index in [1.54, 1.807) is 19.9 Å². The molecule has 0 saturated heterocycles. The van der Waals surface area contributed by atoms with Crippen molar-refractivity contribution in [1.29, 1.82) is 0 Å². The van der Waals surface area contributed by atoms with Crippen LogP contribution in [0.2, 0.25) is 0 Å². The van der Waals surface area contributed by atoms with Crippen LogP contribution in [0.3, 0.4) is 0 Å². The van der Waals surface area contributed by atoms with E-state index in [0.29, 0.717) is 40.0 Å². The highest BCUT2D eigenvalue weighted by molar-refractivity contribution is 5.92. The molecule has 2 aromatic heterocycles. The molecule has 3 aliphatic rings. The maximum absolute atomic E-state index is 14.9. The number of carboxylic acid groups (broad SMARTS) is 1. The highest BCUT2D eigenvalue weighted by Gasteiger charge is 2.45. The van der Waals surface area contributed by atoms with Gasteiger partial charge in [0.25, 0.3) is 5.56 Å². The van der Waals surface area contributed by atoms with Gasteiger partial charge >= 0.3 is 12.1 Å². The van der Waals surface area contributed by atoms with Gasteiger partial charge in [-0.2, -0.15) is 0 Å². The van der Waals surface area contributed by atoms with E-state index in [2.05, 4.69) is 0 Å². The van der Waals surface area contributed by atoms with Gasteiger partial charge in [-0.05, 0) is 42.5 Å². The van der Waals surface area contributed by atoms with Gasteiger partial charge in [0.15, 0.2) is 5.60 Å². The predicted octanol–water partition coefficient (Wildman–Crippen LogP) is 2.56. The summed E-state index contributed by atoms with van der Waals surface area (Å²) in [5.74, 6) is -1.24. The van der Waals surface area contributed by atoms with Gasteiger partial charge in [0.05, 0.1) is 35.6 Å². The molecule has 0 spiro atoms. The maximum atomic E-state index is 14.9. The summed E-state index contributed by atoms with van der Waals surface area (Å²) in [6.07, 6.45) is -0.711. The third-order valence-corrected chi connectivity index (χ3v) is 7.67. The number of aromatic nitrogens is 2. The third kappa shape index (κ3) is 2.77. The number of nitrogens with zero attached hydrogens (tertiary/aromatic N) is 3. The van der Waals surface area contributed by atoms with Crippen molar-refractivity contribution in [2.45, 2.75) is 52.0 Å². The second kappa shape index (κ2) is 7.11. The molecule has 0 radical (unpaired) electrons. The van der Waals surface area contributed by atoms with Crippen LogP contribution in [0.4, 0.5) is 9.18 Å². The highest BCUT2D eigenvalue weighted by atomic mass is 19.1. The Hall–Kier alpha value is -3.79. The normalized spacial score (nSPS) is 20.2. The number of cyclic esters (lactones) is 1. The minimum atomic E-state index is -1.95. The Bertz CT molecular complexity index is 1560. The number of aliphatic hydroxyl groups is 1. The highest BCUT2D eigenvalue weighted by Crippen LogP contribution is 2.42. The Morgan fingerprint density at radius 3 is 2.69 bits per heavy atom. The van der Waals surface area contributed by atoms with Crippen LogP contribution in [0.1, 0.15) is 46.7 Å². The summed E-state index contributed by atoms with van der Waals surface area (Å²) < 4.78 is 21.5. The summed E-state index contributed by atoms with van der Waals surface area (Å²) in [7, 11) is 0. The minimum absolute atomic E-state index is 0.0202. The fraction of sp³-hybridized carbons (Fsp3) is 0.360. The quantitative estimate of drug-likeness (QED) is 0.403. The van der Waals surface area contributed by atoms with E-state index < -0.39 is 29.0 Å². The van der Waals surface area contributed by atoms with Crippen molar-refractivity contribution in [3.63, 3.8) is 0 Å². The molecule has 35 heavy (non-hydrogen) atoms. The SMILES string of the molecule is CC[C@@]1(O)C(=O)OCc2c1cc1n(c2=O)Cc2c-1nc1cc(F)c(C)c3c1c2CN(C(=O)O)CC3. The van der Waals surface area contributed by atoms with Crippen LogP contribution < -0.4 is 5.56 Å². The second-order valence-electron chi connectivity index (χ2n) is 9.33. The van der Waals surface area contributed by atoms with Crippen molar-refractivity contribution in [1.82, 2.24) is 14.5 Å². The molecule has 3 aliphatic heterocycles. The lowest BCUT2D eigenvalue weighted by atomic mass is 9.86. The number of ether oxygens (including phenoxy) is 1. The van der Waals surface area contributed by atoms with Gasteiger partial charge in [0.1, 0.15) is 12.4 Å². The van der Waals surface area contributed by atoms with E-state index in [1.165, 1.54) is 15.5 Å². The molecule has 0 unspecified atom stereocenters. The predicted molar refractivity (Wildman–Crippen MR) is 121 cm³/mol. The van der Waals surface area contributed by atoms with Gasteiger partial charge < -0.3 is 24.4 Å². The standard InChI is InChI=1S/C25H22FN3O6/c1-3-25(34)16-6-19-21-14(9-29(19)22(30)15(16)10-35-23(25)31)13-8-28(24(32)33)5-4-12-11(2)17(26)7-18(27-21)20(12)13/h6-7,34H,3-5,8-10H2,1-2H3,(H,32,33)/t25-/m0/s1. The molecule has 0 bridgehead atoms. The van der Waals surface area contributed by atoms with E-state index in [9.17, 15) is 29.0 Å². The summed E-state index contributed by atoms with van der Waals surface area (Å²) in [6.45, 7) is 3.50. The molecular formula is C25H22FN3O6. The van der Waals surface area contributed by atoms with Crippen molar-refractivity contribution in [2.75, 3.05) is 6.54 Å². The fourth-order valence-electron chi connectivity index (χ4n) is 5.65. The number of benzene rings is 1. The van der Waals surface area contributed by atoms with Crippen LogP contribution >= 0.6 is 0 Å². The van der Waals surface area contributed by atoms with Gasteiger partial charge in [-0.3, -0.25) is 4.79 Å². The van der Waals surface area contributed by atoms with Crippen LogP contribution in [-0.2, 0) is 41.2 Å². The van der Waals surface area contributed by atoms with Crippen LogP contribution in [-0.4, -0.2) is 43.3 Å². The van der Waals surface area contributed by atoms with Crippen molar-refractivity contribution >= 4 is 23.0 Å². The molecule has 5 heterocycles. The zero-order valence-electron chi connectivity index (χ0n) is 19.1. The topological polar surface area (TPSA) is 122 Å². The molecule has 1 amide bonds. The number of hydrogen-bond acceptors (Lipinski definition) is 6. The van der Waals surface area contributed by atoms with E-state index in [0.717, 1.165) is 10.9 Å². The number of esters is 1. The second-order valence-corrected chi connectivity index (χ2v) is 9.33. The third-order valence-electron chi connectivity index (χ3n) is 7.67. The van der Waals surface area contributed by atoms with E-state index in [1.807, 2.05) is 0 Å². The Kier molecular flexibility index (Phi) is 4.41. The molecule has 10 heteroatoms. The molecule has 3 aromatic rings. The van der Waals surface area contributed by atoms with Gasteiger partial charge in [-0.15, -0.1) is 0 Å². The summed E-state index contributed by atoms with van der Waals surface area (Å²) >= 11 is 0. The number of amides is 1. The Balaban J connectivity index is 1.67. The van der Waals surface area contributed by atoms with Crippen molar-refractivity contribution in [3.8, 4) is 11.4 Å². The summed E-state index contributed by atoms with van der Waals surface area (Å²) in [4.78, 5) is 43.8. The fourth-order valence-corrected chi connectivity index (χ4v) is 5.65. The van der Waals surface area contributed by atoms with Crippen molar-refractivity contribution < 1.29 is 28.9 Å². The summed E-state index contributed by atoms with van der Waals surface area (Å²) in [6, 6.07) is 2.93. The maximum Gasteiger partial charge on any atom is 0.407 e. The van der Waals surface area contributed by atoms with Gasteiger partial charge in [-0.25, -0.2) is 19.0 Å². The van der Waals surface area contributed by atoms with Crippen molar-refractivity contribution in [3.05, 3.63) is 61.7 Å². The molecule has 180 valence electrons. The number of carbonyl (C=O) groups is 2. The molecule has 0 fully saturated rings. The lowest BCUT2D eigenvalue weighted by molar-refractivity contribution is -0.172. The zero-order chi connectivity index (χ0) is 24.8. The number of rotatable bonds is 1. The first-order chi connectivity index (χ1) is 16.7. The van der Waals surface area contributed by atoms with Crippen LogP contribution in [0.5, 0.6) is 0 Å². The molecule has 0 saturated carbocycles. The van der Waals surface area contributed by atoms with Gasteiger partial charge in [0.2, 0.25) is 0 Å². The van der Waals surface area contributed by atoms with Gasteiger partial charge in [-0.1, -0.05) is 6.92 Å². The lowest BCUT2D eigenvalue weighted by Gasteiger charge is -2.31. The van der Waals surface area contributed by atoms with E-state index in [-0.39, 0.29) is 43.8 Å². The smallest absolute Gasteiger partial charge is 0.407 e. The van der Waals surface area contributed by atoms with E-state index >= 15 is 0 Å². The van der Waals surface area contributed by atoms with E-state index in [4.69, 9.17) is 9.72 Å². The van der Waals surface area contributed by atoms with Crippen LogP contribution in [0.15, 0.2) is 16.9 Å². The number of hydrogen-bond donors (Lipinski definition) is 2. The molecule has 9 nitrogen and oxygen atoms in total. The molecular weight excluding hydrogens is 457 g/mol. The largest absolute Gasteiger partial charge is 0.465 e. The monoisotopic (exact) mass is 479 g/mol. The first kappa shape index (κ1) is 21.7. The summed E-state index contributed by atoms with van der Waals surface area (Å²) in [5.41, 5.74) is 1.80. The Morgan fingerprint density at radius 2 is 1.97 bits per heavy atom. The van der Waals surface area contributed by atoms with Crippen LogP contribution in [0.25, 0.3) is 22.3 Å². The van der Waals surface area contributed by atoms with Crippen LogP contribution in [0, 0.1) is 12.7 Å². The van der Waals surface area contributed by atoms with Gasteiger partial charge in [0, 0.05) is 29.1 Å². The number of carbonyl (C=O) groups excluding carboxylic acids is 1. The first-order valence-corrected chi connectivity index (χ1v) is 11.4. The number of fused-ring (bicyclic) bond motifs is 5. The first-order valence-electron chi connectivity index (χ1n) is 11.4. The zero-order valence-corrected chi connectivity index (χ0v) is 19.1. The minimum Gasteiger partial charge on any atom is -0.465 e. The molecule has 1 atom stereocenters. The Labute approximate surface area is 198 Å². The molecule has 0 aliphatic carbocycles. The molecule has 2 N–H and O–H groups in total.